The summed E-state index contributed by atoms with van der Waals surface area (Å²) in [6.07, 6.45) is 3.78. The molecule has 1 aliphatic rings. The Morgan fingerprint density at radius 1 is 1.33 bits per heavy atom. The van der Waals surface area contributed by atoms with Crippen molar-refractivity contribution >= 4 is 5.69 Å². The van der Waals surface area contributed by atoms with Crippen LogP contribution in [0.15, 0.2) is 18.2 Å². The van der Waals surface area contributed by atoms with E-state index >= 15 is 0 Å². The molecule has 0 aliphatic carbocycles. The summed E-state index contributed by atoms with van der Waals surface area (Å²) in [6.45, 7) is 10.1. The van der Waals surface area contributed by atoms with Crippen molar-refractivity contribution < 1.29 is 0 Å². The highest BCUT2D eigenvalue weighted by atomic mass is 15.1. The maximum Gasteiger partial charge on any atom is 0.0398 e. The average Bonchev–Trinajstić information content (AvgIpc) is 2.34. The summed E-state index contributed by atoms with van der Waals surface area (Å²) in [6, 6.07) is 7.50. The van der Waals surface area contributed by atoms with E-state index in [0.717, 1.165) is 6.54 Å². The number of fused-ring (bicyclic) bond motifs is 1. The average molecular weight is 246 g/mol. The minimum absolute atomic E-state index is 0.598. The van der Waals surface area contributed by atoms with E-state index in [1.54, 1.807) is 0 Å². The van der Waals surface area contributed by atoms with Crippen LogP contribution in [0, 0.1) is 6.92 Å². The van der Waals surface area contributed by atoms with Crippen LogP contribution in [0.4, 0.5) is 5.69 Å². The Labute approximate surface area is 111 Å². The van der Waals surface area contributed by atoms with Gasteiger partial charge < -0.3 is 10.2 Å². The second kappa shape index (κ2) is 6.24. The van der Waals surface area contributed by atoms with Crippen molar-refractivity contribution in [1.82, 2.24) is 5.32 Å². The van der Waals surface area contributed by atoms with Crippen LogP contribution in [0.3, 0.4) is 0 Å². The number of nitrogens with one attached hydrogen (secondary N) is 1. The fraction of sp³-hybridized carbons (Fsp3) is 0.625. The summed E-state index contributed by atoms with van der Waals surface area (Å²) < 4.78 is 0. The molecular weight excluding hydrogens is 220 g/mol. The highest BCUT2D eigenvalue weighted by Crippen LogP contribution is 2.27. The third kappa shape index (κ3) is 3.49. The lowest BCUT2D eigenvalue weighted by Crippen LogP contribution is -2.33. The Morgan fingerprint density at radius 3 is 2.94 bits per heavy atom. The first-order valence-electron chi connectivity index (χ1n) is 7.24. The van der Waals surface area contributed by atoms with E-state index in [1.807, 2.05) is 0 Å². The maximum atomic E-state index is 3.49. The van der Waals surface area contributed by atoms with Gasteiger partial charge >= 0.3 is 0 Å². The number of anilines is 1. The smallest absolute Gasteiger partial charge is 0.0398 e. The molecule has 0 atom stereocenters. The van der Waals surface area contributed by atoms with E-state index in [9.17, 15) is 0 Å². The number of hydrogen-bond acceptors (Lipinski definition) is 2. The first kappa shape index (κ1) is 13.4. The van der Waals surface area contributed by atoms with Gasteiger partial charge in [0.25, 0.3) is 0 Å². The molecule has 0 saturated heterocycles. The first-order chi connectivity index (χ1) is 8.66. The molecule has 1 aromatic rings. The summed E-state index contributed by atoms with van der Waals surface area (Å²) in [4.78, 5) is 2.56. The molecule has 0 spiro atoms. The molecule has 100 valence electrons. The molecule has 2 rings (SSSR count). The number of benzene rings is 1. The standard InChI is InChI=1S/C16H26N2/c1-13(2)17-9-5-11-18-10-4-6-15-12-14(3)7-8-16(15)18/h7-8,12-13,17H,4-6,9-11H2,1-3H3. The second-order valence-electron chi connectivity index (χ2n) is 5.69. The van der Waals surface area contributed by atoms with Gasteiger partial charge in [-0.3, -0.25) is 0 Å². The molecule has 1 heterocycles. The van der Waals surface area contributed by atoms with Gasteiger partial charge in [-0.05, 0) is 44.4 Å². The Bertz CT molecular complexity index is 385. The van der Waals surface area contributed by atoms with Crippen molar-refractivity contribution in [3.63, 3.8) is 0 Å². The summed E-state index contributed by atoms with van der Waals surface area (Å²) in [5.74, 6) is 0. The zero-order valence-corrected chi connectivity index (χ0v) is 12.0. The maximum absolute atomic E-state index is 3.49. The van der Waals surface area contributed by atoms with E-state index in [2.05, 4.69) is 49.2 Å². The van der Waals surface area contributed by atoms with Crippen molar-refractivity contribution in [2.45, 2.75) is 46.1 Å². The van der Waals surface area contributed by atoms with Gasteiger partial charge in [-0.15, -0.1) is 0 Å². The molecule has 0 unspecified atom stereocenters. The second-order valence-corrected chi connectivity index (χ2v) is 5.69. The molecule has 0 radical (unpaired) electrons. The molecule has 1 aliphatic heterocycles. The summed E-state index contributed by atoms with van der Waals surface area (Å²) in [5.41, 5.74) is 4.39. The van der Waals surface area contributed by atoms with Crippen LogP contribution < -0.4 is 10.2 Å². The van der Waals surface area contributed by atoms with Crippen LogP contribution in [0.5, 0.6) is 0 Å². The molecular formula is C16H26N2. The van der Waals surface area contributed by atoms with Crippen molar-refractivity contribution in [2.24, 2.45) is 0 Å². The van der Waals surface area contributed by atoms with E-state index < -0.39 is 0 Å². The SMILES string of the molecule is Cc1ccc2c(c1)CCCN2CCCNC(C)C. The van der Waals surface area contributed by atoms with E-state index in [1.165, 1.54) is 49.2 Å². The van der Waals surface area contributed by atoms with Gasteiger partial charge in [-0.1, -0.05) is 31.5 Å². The number of hydrogen-bond donors (Lipinski definition) is 1. The third-order valence-electron chi connectivity index (χ3n) is 3.61. The summed E-state index contributed by atoms with van der Waals surface area (Å²) in [7, 11) is 0. The largest absolute Gasteiger partial charge is 0.371 e. The fourth-order valence-electron chi connectivity index (χ4n) is 2.70. The van der Waals surface area contributed by atoms with Crippen LogP contribution >= 0.6 is 0 Å². The van der Waals surface area contributed by atoms with E-state index in [-0.39, 0.29) is 0 Å². The molecule has 2 nitrogen and oxygen atoms in total. The molecule has 18 heavy (non-hydrogen) atoms. The van der Waals surface area contributed by atoms with Crippen LogP contribution in [-0.2, 0) is 6.42 Å². The molecule has 0 aromatic heterocycles. The fourth-order valence-corrected chi connectivity index (χ4v) is 2.70. The molecule has 2 heteroatoms. The van der Waals surface area contributed by atoms with Crippen molar-refractivity contribution in [1.29, 1.82) is 0 Å². The van der Waals surface area contributed by atoms with Gasteiger partial charge in [0.05, 0.1) is 0 Å². The zero-order chi connectivity index (χ0) is 13.0. The van der Waals surface area contributed by atoms with Gasteiger partial charge in [0, 0.05) is 24.8 Å². The monoisotopic (exact) mass is 246 g/mol. The predicted octanol–water partition coefficient (Wildman–Crippen LogP) is 3.14. The predicted molar refractivity (Wildman–Crippen MR) is 79.5 cm³/mol. The summed E-state index contributed by atoms with van der Waals surface area (Å²) in [5, 5.41) is 3.49. The first-order valence-corrected chi connectivity index (χ1v) is 7.24. The topological polar surface area (TPSA) is 15.3 Å². The summed E-state index contributed by atoms with van der Waals surface area (Å²) >= 11 is 0. The number of aryl methyl sites for hydroxylation is 2. The van der Waals surface area contributed by atoms with Crippen molar-refractivity contribution in [3.05, 3.63) is 29.3 Å². The van der Waals surface area contributed by atoms with Gasteiger partial charge in [-0.2, -0.15) is 0 Å². The van der Waals surface area contributed by atoms with Crippen molar-refractivity contribution in [2.75, 3.05) is 24.5 Å². The molecule has 0 bridgehead atoms. The molecule has 0 fully saturated rings. The third-order valence-corrected chi connectivity index (χ3v) is 3.61. The van der Waals surface area contributed by atoms with Crippen molar-refractivity contribution in [3.8, 4) is 0 Å². The van der Waals surface area contributed by atoms with Crippen LogP contribution in [-0.4, -0.2) is 25.7 Å². The molecule has 1 aromatic carbocycles. The highest BCUT2D eigenvalue weighted by molar-refractivity contribution is 5.56. The number of nitrogens with zero attached hydrogens (tertiary/aromatic N) is 1. The minimum atomic E-state index is 0.598. The molecule has 0 amide bonds. The lowest BCUT2D eigenvalue weighted by molar-refractivity contribution is 0.559. The lowest BCUT2D eigenvalue weighted by Gasteiger charge is -2.31. The highest BCUT2D eigenvalue weighted by Gasteiger charge is 2.15. The normalized spacial score (nSPS) is 15.0. The Balaban J connectivity index is 1.91. The lowest BCUT2D eigenvalue weighted by atomic mass is 9.99. The number of rotatable bonds is 5. The van der Waals surface area contributed by atoms with Crippen LogP contribution in [0.2, 0.25) is 0 Å². The van der Waals surface area contributed by atoms with Crippen LogP contribution in [0.1, 0.15) is 37.8 Å². The molecule has 1 N–H and O–H groups in total. The minimum Gasteiger partial charge on any atom is -0.371 e. The van der Waals surface area contributed by atoms with Gasteiger partial charge in [0.15, 0.2) is 0 Å². The van der Waals surface area contributed by atoms with Gasteiger partial charge in [-0.25, -0.2) is 0 Å². The quantitative estimate of drug-likeness (QED) is 0.803. The zero-order valence-electron chi connectivity index (χ0n) is 12.0. The Hall–Kier alpha value is -1.02. The Morgan fingerprint density at radius 2 is 2.17 bits per heavy atom. The molecule has 0 saturated carbocycles. The van der Waals surface area contributed by atoms with E-state index in [0.29, 0.717) is 6.04 Å². The van der Waals surface area contributed by atoms with E-state index in [4.69, 9.17) is 0 Å². The Kier molecular flexibility index (Phi) is 4.65. The van der Waals surface area contributed by atoms with Gasteiger partial charge in [0.1, 0.15) is 0 Å². The van der Waals surface area contributed by atoms with Crippen LogP contribution in [0.25, 0.3) is 0 Å². The van der Waals surface area contributed by atoms with Gasteiger partial charge in [0.2, 0.25) is 0 Å².